The van der Waals surface area contributed by atoms with Crippen LogP contribution in [0.2, 0.25) is 0 Å². The number of esters is 1. The first kappa shape index (κ1) is 15.6. The monoisotopic (exact) mass is 293 g/mol. The fourth-order valence-corrected chi connectivity index (χ4v) is 2.57. The summed E-state index contributed by atoms with van der Waals surface area (Å²) in [6.45, 7) is -0.0680. The fraction of sp³-hybridized carbons (Fsp3) is 0.562. The van der Waals surface area contributed by atoms with Crippen molar-refractivity contribution in [2.45, 2.75) is 37.8 Å². The highest BCUT2D eigenvalue weighted by atomic mass is 16.6. The van der Waals surface area contributed by atoms with Gasteiger partial charge in [0.15, 0.2) is 6.61 Å². The molecule has 1 fully saturated rings. The van der Waals surface area contributed by atoms with Crippen molar-refractivity contribution in [2.75, 3.05) is 26.1 Å². The molecule has 116 valence electrons. The zero-order valence-electron chi connectivity index (χ0n) is 12.6. The zero-order valence-corrected chi connectivity index (χ0v) is 12.6. The molecule has 0 saturated heterocycles. The largest absolute Gasteiger partial charge is 0.482 e. The van der Waals surface area contributed by atoms with Crippen LogP contribution in [0.1, 0.15) is 25.7 Å². The van der Waals surface area contributed by atoms with Gasteiger partial charge in [-0.15, -0.1) is 0 Å². The fourth-order valence-electron chi connectivity index (χ4n) is 2.57. The second kappa shape index (κ2) is 7.88. The highest BCUT2D eigenvalue weighted by molar-refractivity contribution is 5.70. The van der Waals surface area contributed by atoms with E-state index in [4.69, 9.17) is 9.47 Å². The Balaban J connectivity index is 1.83. The highest BCUT2D eigenvalue weighted by Crippen LogP contribution is 2.24. The maximum atomic E-state index is 11.0. The van der Waals surface area contributed by atoms with E-state index in [1.165, 1.54) is 20.0 Å². The Kier molecular flexibility index (Phi) is 5.87. The van der Waals surface area contributed by atoms with Gasteiger partial charge in [-0.2, -0.15) is 0 Å². The Morgan fingerprint density at radius 2 is 2.00 bits per heavy atom. The Bertz CT molecular complexity index is 446. The summed E-state index contributed by atoms with van der Waals surface area (Å²) in [6, 6.07) is 8.07. The molecule has 1 aromatic carbocycles. The summed E-state index contributed by atoms with van der Waals surface area (Å²) in [5.41, 5.74) is 1.06. The van der Waals surface area contributed by atoms with Gasteiger partial charge in [0.25, 0.3) is 0 Å². The third-order valence-corrected chi connectivity index (χ3v) is 3.77. The number of carbonyl (C=O) groups excluding carboxylic acids is 1. The van der Waals surface area contributed by atoms with E-state index in [-0.39, 0.29) is 12.6 Å². The van der Waals surface area contributed by atoms with Crippen LogP contribution in [-0.4, -0.2) is 38.9 Å². The van der Waals surface area contributed by atoms with Crippen LogP contribution in [0.3, 0.4) is 0 Å². The van der Waals surface area contributed by atoms with Gasteiger partial charge in [-0.25, -0.2) is 4.79 Å². The predicted octanol–water partition coefficient (Wildman–Crippen LogP) is 2.61. The summed E-state index contributed by atoms with van der Waals surface area (Å²) in [5.74, 6) is 0.273. The van der Waals surface area contributed by atoms with Crippen molar-refractivity contribution >= 4 is 11.7 Å². The molecule has 0 spiro atoms. The maximum absolute atomic E-state index is 11.0. The number of benzene rings is 1. The Labute approximate surface area is 125 Å². The van der Waals surface area contributed by atoms with Gasteiger partial charge in [-0.3, -0.25) is 0 Å². The first-order chi connectivity index (χ1) is 10.2. The second-order valence-electron chi connectivity index (χ2n) is 5.25. The standard InChI is InChI=1S/C16H23NO4/c1-19-15-5-3-4-13(10-15)17-12-6-8-14(9-7-12)21-11-16(18)20-2/h6-9,13,15,17H,3-5,10-11H2,1-2H3. The molecule has 0 bridgehead atoms. The molecular weight excluding hydrogens is 270 g/mol. The molecule has 1 N–H and O–H groups in total. The molecule has 0 heterocycles. The van der Waals surface area contributed by atoms with Gasteiger partial charge < -0.3 is 19.5 Å². The third kappa shape index (κ3) is 4.93. The lowest BCUT2D eigenvalue weighted by atomic mass is 9.92. The maximum Gasteiger partial charge on any atom is 0.343 e. The first-order valence-corrected chi connectivity index (χ1v) is 7.30. The van der Waals surface area contributed by atoms with E-state index in [0.29, 0.717) is 17.9 Å². The van der Waals surface area contributed by atoms with Gasteiger partial charge in [0.1, 0.15) is 5.75 Å². The van der Waals surface area contributed by atoms with E-state index in [2.05, 4.69) is 10.1 Å². The summed E-state index contributed by atoms with van der Waals surface area (Å²) < 4.78 is 15.3. The van der Waals surface area contributed by atoms with Crippen molar-refractivity contribution in [3.63, 3.8) is 0 Å². The summed E-state index contributed by atoms with van der Waals surface area (Å²) in [6.07, 6.45) is 4.90. The SMILES string of the molecule is COC(=O)COc1ccc(NC2CCCC(OC)C2)cc1. The summed E-state index contributed by atoms with van der Waals surface area (Å²) in [5, 5.41) is 3.52. The Hall–Kier alpha value is -1.75. The molecule has 2 atom stereocenters. The highest BCUT2D eigenvalue weighted by Gasteiger charge is 2.21. The lowest BCUT2D eigenvalue weighted by molar-refractivity contribution is -0.142. The quantitative estimate of drug-likeness (QED) is 0.817. The van der Waals surface area contributed by atoms with Gasteiger partial charge in [-0.05, 0) is 49.9 Å². The van der Waals surface area contributed by atoms with Gasteiger partial charge in [0, 0.05) is 18.8 Å². The summed E-state index contributed by atoms with van der Waals surface area (Å²) in [7, 11) is 3.12. The van der Waals surface area contributed by atoms with Crippen molar-refractivity contribution in [2.24, 2.45) is 0 Å². The number of rotatable bonds is 6. The number of hydrogen-bond acceptors (Lipinski definition) is 5. The van der Waals surface area contributed by atoms with Gasteiger partial charge >= 0.3 is 5.97 Å². The number of anilines is 1. The smallest absolute Gasteiger partial charge is 0.343 e. The molecule has 21 heavy (non-hydrogen) atoms. The topological polar surface area (TPSA) is 56.8 Å². The molecule has 1 aromatic rings. The van der Waals surface area contributed by atoms with E-state index >= 15 is 0 Å². The Morgan fingerprint density at radius 1 is 1.24 bits per heavy atom. The first-order valence-electron chi connectivity index (χ1n) is 7.30. The van der Waals surface area contributed by atoms with Gasteiger partial charge in [-0.1, -0.05) is 0 Å². The van der Waals surface area contributed by atoms with Crippen LogP contribution in [0.15, 0.2) is 24.3 Å². The van der Waals surface area contributed by atoms with Crippen molar-refractivity contribution < 1.29 is 19.0 Å². The molecule has 5 heteroatoms. The number of nitrogens with one attached hydrogen (secondary N) is 1. The molecule has 5 nitrogen and oxygen atoms in total. The predicted molar refractivity (Wildman–Crippen MR) is 80.6 cm³/mol. The lowest BCUT2D eigenvalue weighted by Crippen LogP contribution is -2.30. The molecule has 1 saturated carbocycles. The minimum atomic E-state index is -0.384. The molecule has 0 aliphatic heterocycles. The number of ether oxygens (including phenoxy) is 3. The third-order valence-electron chi connectivity index (χ3n) is 3.77. The van der Waals surface area contributed by atoms with Crippen LogP contribution in [0.5, 0.6) is 5.75 Å². The van der Waals surface area contributed by atoms with Crippen LogP contribution in [0.4, 0.5) is 5.69 Å². The van der Waals surface area contributed by atoms with Crippen molar-refractivity contribution in [3.05, 3.63) is 24.3 Å². The van der Waals surface area contributed by atoms with E-state index in [1.807, 2.05) is 24.3 Å². The second-order valence-corrected chi connectivity index (χ2v) is 5.25. The van der Waals surface area contributed by atoms with Crippen molar-refractivity contribution in [1.29, 1.82) is 0 Å². The van der Waals surface area contributed by atoms with E-state index in [9.17, 15) is 4.79 Å². The minimum Gasteiger partial charge on any atom is -0.482 e. The lowest BCUT2D eigenvalue weighted by Gasteiger charge is -2.29. The summed E-state index contributed by atoms with van der Waals surface area (Å²) >= 11 is 0. The Morgan fingerprint density at radius 3 is 2.67 bits per heavy atom. The minimum absolute atomic E-state index is 0.0680. The molecule has 1 aliphatic rings. The van der Waals surface area contributed by atoms with Gasteiger partial charge in [0.05, 0.1) is 13.2 Å². The molecular formula is C16H23NO4. The molecule has 2 unspecified atom stereocenters. The molecule has 0 radical (unpaired) electrons. The van der Waals surface area contributed by atoms with E-state index in [0.717, 1.165) is 18.5 Å². The number of hydrogen-bond donors (Lipinski definition) is 1. The summed E-state index contributed by atoms with van der Waals surface area (Å²) in [4.78, 5) is 11.0. The van der Waals surface area contributed by atoms with Crippen LogP contribution in [-0.2, 0) is 14.3 Å². The van der Waals surface area contributed by atoms with Crippen LogP contribution in [0.25, 0.3) is 0 Å². The zero-order chi connectivity index (χ0) is 15.1. The van der Waals surface area contributed by atoms with Crippen LogP contribution in [0, 0.1) is 0 Å². The van der Waals surface area contributed by atoms with E-state index in [1.54, 1.807) is 7.11 Å². The molecule has 0 aromatic heterocycles. The molecule has 1 aliphatic carbocycles. The average molecular weight is 293 g/mol. The van der Waals surface area contributed by atoms with Crippen molar-refractivity contribution in [3.8, 4) is 5.75 Å². The number of carbonyl (C=O) groups is 1. The molecule has 0 amide bonds. The van der Waals surface area contributed by atoms with E-state index < -0.39 is 0 Å². The number of methoxy groups -OCH3 is 2. The average Bonchev–Trinajstić information content (AvgIpc) is 2.54. The van der Waals surface area contributed by atoms with Gasteiger partial charge in [0.2, 0.25) is 0 Å². The van der Waals surface area contributed by atoms with Crippen LogP contribution < -0.4 is 10.1 Å². The van der Waals surface area contributed by atoms with Crippen molar-refractivity contribution in [1.82, 2.24) is 0 Å². The molecule has 2 rings (SSSR count). The van der Waals surface area contributed by atoms with Crippen LogP contribution >= 0.6 is 0 Å². The normalized spacial score (nSPS) is 21.6.